The van der Waals surface area contributed by atoms with Gasteiger partial charge >= 0.3 is 0 Å². The second-order valence-corrected chi connectivity index (χ2v) is 3.69. The highest BCUT2D eigenvalue weighted by atomic mass is 16.5. The van der Waals surface area contributed by atoms with E-state index in [0.717, 1.165) is 30.2 Å². The fraction of sp³-hybridized carbons (Fsp3) is 0.273. The van der Waals surface area contributed by atoms with Crippen molar-refractivity contribution in [3.05, 3.63) is 30.1 Å². The van der Waals surface area contributed by atoms with Gasteiger partial charge in [-0.25, -0.2) is 0 Å². The van der Waals surface area contributed by atoms with E-state index < -0.39 is 0 Å². The van der Waals surface area contributed by atoms with Gasteiger partial charge < -0.3 is 9.30 Å². The Morgan fingerprint density at radius 3 is 3.13 bits per heavy atom. The van der Waals surface area contributed by atoms with Crippen molar-refractivity contribution in [3.63, 3.8) is 0 Å². The van der Waals surface area contributed by atoms with Gasteiger partial charge in [0.25, 0.3) is 0 Å². The van der Waals surface area contributed by atoms with Crippen molar-refractivity contribution in [2.24, 2.45) is 7.05 Å². The third-order valence-electron chi connectivity index (χ3n) is 2.66. The number of aromatic nitrogens is 3. The molecule has 4 nitrogen and oxygen atoms in total. The summed E-state index contributed by atoms with van der Waals surface area (Å²) in [5, 5.41) is 7.96. The summed E-state index contributed by atoms with van der Waals surface area (Å²) in [5.74, 6) is 1.89. The van der Waals surface area contributed by atoms with Gasteiger partial charge in [0.2, 0.25) is 0 Å². The number of hydrogen-bond donors (Lipinski definition) is 0. The maximum atomic E-state index is 5.46. The lowest BCUT2D eigenvalue weighted by atomic mass is 10.1. The van der Waals surface area contributed by atoms with Crippen molar-refractivity contribution < 1.29 is 4.74 Å². The highest BCUT2D eigenvalue weighted by Gasteiger charge is 2.14. The third-order valence-corrected chi connectivity index (χ3v) is 2.66. The van der Waals surface area contributed by atoms with E-state index in [2.05, 4.69) is 16.3 Å². The summed E-state index contributed by atoms with van der Waals surface area (Å²) in [6, 6.07) is 6.16. The molecule has 0 bridgehead atoms. The summed E-state index contributed by atoms with van der Waals surface area (Å²) in [7, 11) is 1.94. The Hall–Kier alpha value is -1.84. The first-order valence-corrected chi connectivity index (χ1v) is 4.95. The van der Waals surface area contributed by atoms with Crippen LogP contribution in [-0.4, -0.2) is 21.4 Å². The molecule has 1 aliphatic rings. The number of ether oxygens (including phenoxy) is 1. The molecular formula is C11H11N3O. The summed E-state index contributed by atoms with van der Waals surface area (Å²) in [6.07, 6.45) is 2.69. The van der Waals surface area contributed by atoms with Crippen LogP contribution in [0, 0.1) is 0 Å². The highest BCUT2D eigenvalue weighted by molar-refractivity contribution is 5.59. The van der Waals surface area contributed by atoms with E-state index >= 15 is 0 Å². The van der Waals surface area contributed by atoms with Gasteiger partial charge in [-0.3, -0.25) is 0 Å². The van der Waals surface area contributed by atoms with Crippen LogP contribution < -0.4 is 4.74 Å². The molecule has 1 aromatic carbocycles. The number of hydrogen-bond acceptors (Lipinski definition) is 3. The quantitative estimate of drug-likeness (QED) is 0.700. The summed E-state index contributed by atoms with van der Waals surface area (Å²) < 4.78 is 7.37. The van der Waals surface area contributed by atoms with Crippen LogP contribution in [0.2, 0.25) is 0 Å². The zero-order valence-corrected chi connectivity index (χ0v) is 8.47. The molecular weight excluding hydrogens is 190 g/mol. The Balaban J connectivity index is 2.11. The molecule has 0 saturated carbocycles. The van der Waals surface area contributed by atoms with Gasteiger partial charge in [-0.1, -0.05) is 0 Å². The Kier molecular flexibility index (Phi) is 1.74. The number of fused-ring (bicyclic) bond motifs is 1. The first kappa shape index (κ1) is 8.47. The van der Waals surface area contributed by atoms with Crippen LogP contribution in [-0.2, 0) is 13.5 Å². The van der Waals surface area contributed by atoms with Gasteiger partial charge in [0, 0.05) is 19.0 Å². The molecule has 2 heterocycles. The third kappa shape index (κ3) is 1.29. The minimum atomic E-state index is 0.789. The van der Waals surface area contributed by atoms with Gasteiger partial charge in [-0.05, 0) is 23.8 Å². The molecule has 0 unspecified atom stereocenters. The number of rotatable bonds is 1. The van der Waals surface area contributed by atoms with Gasteiger partial charge in [0.05, 0.1) is 6.61 Å². The molecule has 0 spiro atoms. The van der Waals surface area contributed by atoms with Crippen molar-refractivity contribution >= 4 is 0 Å². The number of nitrogens with zero attached hydrogens (tertiary/aromatic N) is 3. The van der Waals surface area contributed by atoms with Crippen LogP contribution in [0.5, 0.6) is 5.75 Å². The Morgan fingerprint density at radius 2 is 2.33 bits per heavy atom. The van der Waals surface area contributed by atoms with E-state index in [1.54, 1.807) is 6.33 Å². The molecule has 15 heavy (non-hydrogen) atoms. The standard InChI is InChI=1S/C11H11N3O/c1-14-7-12-13-11(14)9-2-3-10-8(6-9)4-5-15-10/h2-3,6-7H,4-5H2,1H3. The summed E-state index contributed by atoms with van der Waals surface area (Å²) in [5.41, 5.74) is 2.36. The van der Waals surface area contributed by atoms with Crippen LogP contribution >= 0.6 is 0 Å². The fourth-order valence-electron chi connectivity index (χ4n) is 1.87. The molecule has 0 atom stereocenters. The Labute approximate surface area is 87.5 Å². The van der Waals surface area contributed by atoms with E-state index in [1.165, 1.54) is 5.56 Å². The molecule has 0 saturated heterocycles. The second-order valence-electron chi connectivity index (χ2n) is 3.69. The average Bonchev–Trinajstić information content (AvgIpc) is 2.84. The van der Waals surface area contributed by atoms with Crippen molar-refractivity contribution in [2.75, 3.05) is 6.61 Å². The van der Waals surface area contributed by atoms with Crippen LogP contribution in [0.15, 0.2) is 24.5 Å². The molecule has 3 rings (SSSR count). The monoisotopic (exact) mass is 201 g/mol. The van der Waals surface area contributed by atoms with E-state index in [9.17, 15) is 0 Å². The molecule has 76 valence electrons. The summed E-state index contributed by atoms with van der Waals surface area (Å²) in [4.78, 5) is 0. The Morgan fingerprint density at radius 1 is 1.40 bits per heavy atom. The molecule has 0 radical (unpaired) electrons. The molecule has 0 aliphatic carbocycles. The topological polar surface area (TPSA) is 39.9 Å². The maximum absolute atomic E-state index is 5.46. The summed E-state index contributed by atoms with van der Waals surface area (Å²) >= 11 is 0. The zero-order chi connectivity index (χ0) is 10.3. The van der Waals surface area contributed by atoms with Crippen LogP contribution in [0.1, 0.15) is 5.56 Å². The average molecular weight is 201 g/mol. The van der Waals surface area contributed by atoms with Crippen molar-refractivity contribution in [1.29, 1.82) is 0 Å². The normalized spacial score (nSPS) is 13.7. The first-order valence-electron chi connectivity index (χ1n) is 4.95. The maximum Gasteiger partial charge on any atom is 0.163 e. The van der Waals surface area contributed by atoms with Gasteiger partial charge in [-0.2, -0.15) is 0 Å². The van der Waals surface area contributed by atoms with Gasteiger partial charge in [-0.15, -0.1) is 10.2 Å². The second kappa shape index (κ2) is 3.08. The molecule has 0 fully saturated rings. The predicted octanol–water partition coefficient (Wildman–Crippen LogP) is 1.42. The van der Waals surface area contributed by atoms with Gasteiger partial charge in [0.15, 0.2) is 5.82 Å². The van der Waals surface area contributed by atoms with Crippen molar-refractivity contribution in [3.8, 4) is 17.1 Å². The predicted molar refractivity (Wildman–Crippen MR) is 55.6 cm³/mol. The van der Waals surface area contributed by atoms with E-state index in [4.69, 9.17) is 4.74 Å². The van der Waals surface area contributed by atoms with Crippen LogP contribution in [0.4, 0.5) is 0 Å². The molecule has 1 aliphatic heterocycles. The largest absolute Gasteiger partial charge is 0.493 e. The minimum absolute atomic E-state index is 0.789. The lowest BCUT2D eigenvalue weighted by molar-refractivity contribution is 0.357. The number of benzene rings is 1. The van der Waals surface area contributed by atoms with E-state index in [1.807, 2.05) is 23.7 Å². The van der Waals surface area contributed by atoms with Crippen molar-refractivity contribution in [2.45, 2.75) is 6.42 Å². The SMILES string of the molecule is Cn1cnnc1-c1ccc2c(c1)CCO2. The zero-order valence-electron chi connectivity index (χ0n) is 8.47. The lowest BCUT2D eigenvalue weighted by Gasteiger charge is -2.03. The summed E-state index contributed by atoms with van der Waals surface area (Å²) in [6.45, 7) is 0.789. The Bertz CT molecular complexity index is 504. The van der Waals surface area contributed by atoms with E-state index in [0.29, 0.717) is 0 Å². The molecule has 0 amide bonds. The highest BCUT2D eigenvalue weighted by Crippen LogP contribution is 2.29. The lowest BCUT2D eigenvalue weighted by Crippen LogP contribution is -1.91. The van der Waals surface area contributed by atoms with Gasteiger partial charge in [0.1, 0.15) is 12.1 Å². The van der Waals surface area contributed by atoms with Crippen molar-refractivity contribution in [1.82, 2.24) is 14.8 Å². The smallest absolute Gasteiger partial charge is 0.163 e. The molecule has 1 aromatic heterocycles. The fourth-order valence-corrected chi connectivity index (χ4v) is 1.87. The van der Waals surface area contributed by atoms with E-state index in [-0.39, 0.29) is 0 Å². The molecule has 2 aromatic rings. The molecule has 0 N–H and O–H groups in total. The molecule has 4 heteroatoms. The minimum Gasteiger partial charge on any atom is -0.493 e. The first-order chi connectivity index (χ1) is 7.34. The van der Waals surface area contributed by atoms with Crippen LogP contribution in [0.25, 0.3) is 11.4 Å². The number of aryl methyl sites for hydroxylation is 1. The van der Waals surface area contributed by atoms with Crippen LogP contribution in [0.3, 0.4) is 0 Å².